The van der Waals surface area contributed by atoms with Crippen molar-refractivity contribution in [1.82, 2.24) is 0 Å². The van der Waals surface area contributed by atoms with Crippen LogP contribution in [-0.4, -0.2) is 38.3 Å². The maximum absolute atomic E-state index is 0. The van der Waals surface area contributed by atoms with Crippen molar-refractivity contribution in [3.05, 3.63) is 0 Å². The Morgan fingerprint density at radius 1 is 1.00 bits per heavy atom. The quantitative estimate of drug-likeness (QED) is 0.467. The third-order valence-corrected chi connectivity index (χ3v) is 0. The van der Waals surface area contributed by atoms with Crippen molar-refractivity contribution in [2.45, 2.75) is 7.43 Å². The maximum Gasteiger partial charge on any atom is 0 e. The largest absolute Gasteiger partial charge is 0.0149 e. The van der Waals surface area contributed by atoms with Gasteiger partial charge in [0.15, 0.2) is 0 Å². The second-order valence-electron chi connectivity index (χ2n) is 0. The molecule has 0 aromatic heterocycles. The zero-order valence-corrected chi connectivity index (χ0v) is 8.27. The molecule has 3 heteroatoms. The van der Waals surface area contributed by atoms with Crippen LogP contribution in [0.15, 0.2) is 0 Å². The molecule has 0 saturated carbocycles. The van der Waals surface area contributed by atoms with Crippen LogP contribution in [0, 0.1) is 0 Å². The van der Waals surface area contributed by atoms with Gasteiger partial charge in [-0.1, -0.05) is 7.43 Å². The average Bonchev–Trinajstić information content (AvgIpc) is 0. The van der Waals surface area contributed by atoms with E-state index in [1.54, 1.807) is 0 Å². The Morgan fingerprint density at radius 2 is 1.00 bits per heavy atom. The van der Waals surface area contributed by atoms with E-state index in [9.17, 15) is 0 Å². The molecular weight excluding hydrogens is 295 g/mol. The summed E-state index contributed by atoms with van der Waals surface area (Å²) in [5, 5.41) is 0. The number of hydrogen-bond donors (Lipinski definition) is 0. The summed E-state index contributed by atoms with van der Waals surface area (Å²) in [6.45, 7) is 0. The monoisotopic (exact) mass is 306 g/mol. The second-order valence-corrected chi connectivity index (χ2v) is 0. The number of rotatable bonds is 0. The fraction of sp³-hybridized carbons (Fsp3) is 1.00. The van der Waals surface area contributed by atoms with Crippen molar-refractivity contribution in [3.63, 3.8) is 0 Å². The Labute approximate surface area is 66.8 Å². The summed E-state index contributed by atoms with van der Waals surface area (Å²) in [6.07, 6.45) is 0. The van der Waals surface area contributed by atoms with E-state index in [1.807, 2.05) is 0 Å². The molecule has 0 aromatic rings. The minimum absolute atomic E-state index is 0. The van der Waals surface area contributed by atoms with Crippen LogP contribution in [-0.2, 0) is 21.7 Å². The van der Waals surface area contributed by atoms with E-state index < -0.39 is 0 Å². The topological polar surface area (TPSA) is 0 Å². The van der Waals surface area contributed by atoms with E-state index in [0.717, 1.165) is 0 Å². The first-order valence-corrected chi connectivity index (χ1v) is 0. The first-order chi connectivity index (χ1) is 0. The molecule has 2 radical (unpaired) electrons. The normalized spacial score (nSPS) is 0. The zero-order chi connectivity index (χ0) is 0. The van der Waals surface area contributed by atoms with E-state index in [1.165, 1.54) is 0 Å². The molecule has 0 aliphatic rings. The molecule has 26 valence electrons. The van der Waals surface area contributed by atoms with Crippen LogP contribution >= 0.6 is 0 Å². The summed E-state index contributed by atoms with van der Waals surface area (Å²) >= 11 is 0. The first kappa shape index (κ1) is 40.1. The first-order valence-electron chi connectivity index (χ1n) is 0. The van der Waals surface area contributed by atoms with Crippen LogP contribution in [0.25, 0.3) is 0 Å². The Balaban J connectivity index is 0. The molecule has 0 nitrogen and oxygen atoms in total. The molecule has 0 N–H and O–H groups in total. The minimum Gasteiger partial charge on any atom is -0.0149 e. The van der Waals surface area contributed by atoms with Crippen molar-refractivity contribution in [3.8, 4) is 0 Å². The Hall–Kier alpha value is 1.85. The molecule has 4 heavy (non-hydrogen) atoms. The molecule has 0 saturated heterocycles. The van der Waals surface area contributed by atoms with Gasteiger partial charge in [-0.25, -0.2) is 0 Å². The Bertz CT molecular complexity index is 8.00. The predicted octanol–water partition coefficient (Wildman–Crippen LogP) is -1.73. The fourth-order valence-corrected chi connectivity index (χ4v) is 0. The summed E-state index contributed by atoms with van der Waals surface area (Å²) in [4.78, 5) is 0. The van der Waals surface area contributed by atoms with Crippen molar-refractivity contribution < 1.29 is 21.7 Å². The minimum atomic E-state index is 0. The van der Waals surface area contributed by atoms with Gasteiger partial charge in [0.1, 0.15) is 0 Å². The van der Waals surface area contributed by atoms with Gasteiger partial charge in [-0.2, -0.15) is 0 Å². The molecule has 0 heterocycles. The molecular formula is CH10PbSiTi. The van der Waals surface area contributed by atoms with Crippen LogP contribution < -0.4 is 0 Å². The third-order valence-electron chi connectivity index (χ3n) is 0. The van der Waals surface area contributed by atoms with Crippen LogP contribution in [0.5, 0.6) is 0 Å². The standard InChI is InChI=1S/CH4.Pb.H4Si.Ti.2H/h1H4;;1H4;;;. The van der Waals surface area contributed by atoms with Gasteiger partial charge in [-0.05, 0) is 11.0 Å². The van der Waals surface area contributed by atoms with Crippen molar-refractivity contribution >= 4 is 38.3 Å². The Kier molecular flexibility index (Phi) is 211. The van der Waals surface area contributed by atoms with Gasteiger partial charge in [0.25, 0.3) is 0 Å². The van der Waals surface area contributed by atoms with E-state index in [0.29, 0.717) is 0 Å². The summed E-state index contributed by atoms with van der Waals surface area (Å²) in [7, 11) is 0. The summed E-state index contributed by atoms with van der Waals surface area (Å²) in [5.74, 6) is 0. The second kappa shape index (κ2) is 21.0. The van der Waals surface area contributed by atoms with Gasteiger partial charge in [-0.3, -0.25) is 0 Å². The molecule has 0 unspecified atom stereocenters. The van der Waals surface area contributed by atoms with E-state index in [2.05, 4.69) is 0 Å². The van der Waals surface area contributed by atoms with E-state index >= 15 is 0 Å². The summed E-state index contributed by atoms with van der Waals surface area (Å²) in [6, 6.07) is 0. The molecule has 0 atom stereocenters. The smallest absolute Gasteiger partial charge is 0 e. The SMILES string of the molecule is C.[PbH2].[SiH4].[Ti]. The van der Waals surface area contributed by atoms with Crippen LogP contribution in [0.1, 0.15) is 7.43 Å². The van der Waals surface area contributed by atoms with Gasteiger partial charge in [0, 0.05) is 21.7 Å². The molecule has 0 aliphatic carbocycles. The van der Waals surface area contributed by atoms with Crippen molar-refractivity contribution in [1.29, 1.82) is 0 Å². The molecule has 0 rings (SSSR count). The summed E-state index contributed by atoms with van der Waals surface area (Å²) in [5.41, 5.74) is 0. The molecule has 0 aromatic carbocycles. The molecule has 0 aliphatic heterocycles. The third kappa shape index (κ3) is 9.13. The molecule has 0 bridgehead atoms. The maximum atomic E-state index is 0. The van der Waals surface area contributed by atoms with Gasteiger partial charge in [-0.15, -0.1) is 0 Å². The van der Waals surface area contributed by atoms with E-state index in [4.69, 9.17) is 0 Å². The van der Waals surface area contributed by atoms with Crippen molar-refractivity contribution in [2.24, 2.45) is 0 Å². The Morgan fingerprint density at radius 3 is 1.00 bits per heavy atom. The van der Waals surface area contributed by atoms with Gasteiger partial charge in [0.2, 0.25) is 0 Å². The molecule has 0 fully saturated rings. The number of hydrogen-bond acceptors (Lipinski definition) is 0. The summed E-state index contributed by atoms with van der Waals surface area (Å²) < 4.78 is 0. The zero-order valence-electron chi connectivity index (χ0n) is 1.21. The van der Waals surface area contributed by atoms with Gasteiger partial charge < -0.3 is 0 Å². The van der Waals surface area contributed by atoms with Crippen LogP contribution in [0.3, 0.4) is 0 Å². The van der Waals surface area contributed by atoms with E-state index in [-0.39, 0.29) is 67.4 Å². The van der Waals surface area contributed by atoms with Crippen LogP contribution in [0.2, 0.25) is 0 Å². The van der Waals surface area contributed by atoms with Crippen molar-refractivity contribution in [2.75, 3.05) is 0 Å². The fourth-order valence-electron chi connectivity index (χ4n) is 0. The molecule has 0 spiro atoms. The predicted molar refractivity (Wildman–Crippen MR) is 26.6 cm³/mol. The molecule has 0 amide bonds. The average molecular weight is 305 g/mol. The van der Waals surface area contributed by atoms with Crippen LogP contribution in [0.4, 0.5) is 0 Å². The van der Waals surface area contributed by atoms with Gasteiger partial charge in [0.05, 0.1) is 0 Å². The van der Waals surface area contributed by atoms with Gasteiger partial charge >= 0.3 is 27.3 Å².